The summed E-state index contributed by atoms with van der Waals surface area (Å²) < 4.78 is 7.46. The number of nitrogens with zero attached hydrogens (tertiary/aromatic N) is 1. The van der Waals surface area contributed by atoms with Crippen molar-refractivity contribution in [3.63, 3.8) is 0 Å². The van der Waals surface area contributed by atoms with E-state index in [0.29, 0.717) is 6.04 Å². The number of ether oxygens (including phenoxy) is 1. The number of hydrogen-bond donors (Lipinski definition) is 1. The van der Waals surface area contributed by atoms with Crippen molar-refractivity contribution in [2.24, 2.45) is 0 Å². The van der Waals surface area contributed by atoms with Crippen LogP contribution in [0.25, 0.3) is 10.2 Å². The molecule has 1 N–H and O–H groups in total. The summed E-state index contributed by atoms with van der Waals surface area (Å²) in [4.78, 5) is 4.55. The first-order valence-electron chi connectivity index (χ1n) is 5.17. The molecule has 5 heteroatoms. The van der Waals surface area contributed by atoms with Gasteiger partial charge < -0.3 is 10.1 Å². The van der Waals surface area contributed by atoms with E-state index < -0.39 is 0 Å². The molecule has 1 aromatic carbocycles. The van der Waals surface area contributed by atoms with E-state index in [0.717, 1.165) is 25.6 Å². The van der Waals surface area contributed by atoms with Gasteiger partial charge in [0.05, 0.1) is 21.8 Å². The Labute approximate surface area is 106 Å². The van der Waals surface area contributed by atoms with Crippen LogP contribution < -0.4 is 10.1 Å². The second-order valence-electron chi connectivity index (χ2n) is 3.87. The lowest BCUT2D eigenvalue weighted by atomic mass is 10.3. The van der Waals surface area contributed by atoms with Crippen LogP contribution in [0.2, 0.25) is 0 Å². The Balaban J connectivity index is 2.07. The molecule has 0 bridgehead atoms. The lowest BCUT2D eigenvalue weighted by Gasteiger charge is -2.02. The Morgan fingerprint density at radius 1 is 1.50 bits per heavy atom. The molecule has 0 saturated heterocycles. The maximum atomic E-state index is 5.39. The van der Waals surface area contributed by atoms with Gasteiger partial charge in [-0.1, -0.05) is 11.3 Å². The molecule has 3 rings (SSSR count). The van der Waals surface area contributed by atoms with Gasteiger partial charge in [0, 0.05) is 6.04 Å². The summed E-state index contributed by atoms with van der Waals surface area (Å²) in [5.74, 6) is 0.874. The van der Waals surface area contributed by atoms with Crippen molar-refractivity contribution in [3.05, 3.63) is 16.6 Å². The Morgan fingerprint density at radius 2 is 2.31 bits per heavy atom. The van der Waals surface area contributed by atoms with Crippen LogP contribution in [0.1, 0.15) is 12.8 Å². The molecule has 1 fully saturated rings. The molecule has 1 aliphatic carbocycles. The summed E-state index contributed by atoms with van der Waals surface area (Å²) in [7, 11) is 1.69. The number of aromatic nitrogens is 1. The van der Waals surface area contributed by atoms with Crippen LogP contribution in [-0.4, -0.2) is 18.1 Å². The Morgan fingerprint density at radius 3 is 3.00 bits per heavy atom. The Kier molecular flexibility index (Phi) is 2.52. The summed E-state index contributed by atoms with van der Waals surface area (Å²) in [6.07, 6.45) is 2.52. The Bertz CT molecular complexity index is 536. The van der Waals surface area contributed by atoms with Gasteiger partial charge in [-0.3, -0.25) is 0 Å². The van der Waals surface area contributed by atoms with Gasteiger partial charge in [-0.25, -0.2) is 4.98 Å². The molecule has 0 atom stereocenters. The largest absolute Gasteiger partial charge is 0.494 e. The van der Waals surface area contributed by atoms with Crippen LogP contribution in [0.4, 0.5) is 5.13 Å². The fraction of sp³-hybridized carbons (Fsp3) is 0.364. The topological polar surface area (TPSA) is 34.1 Å². The highest BCUT2D eigenvalue weighted by molar-refractivity contribution is 9.10. The number of methoxy groups -OCH3 is 1. The van der Waals surface area contributed by atoms with Crippen LogP contribution in [0.15, 0.2) is 16.6 Å². The third-order valence-electron chi connectivity index (χ3n) is 2.57. The molecule has 16 heavy (non-hydrogen) atoms. The predicted molar refractivity (Wildman–Crippen MR) is 70.5 cm³/mol. The molecular formula is C11H11BrN2OS. The van der Waals surface area contributed by atoms with Crippen molar-refractivity contribution in [2.75, 3.05) is 12.4 Å². The molecule has 0 radical (unpaired) electrons. The van der Waals surface area contributed by atoms with Crippen LogP contribution >= 0.6 is 27.3 Å². The number of fused-ring (bicyclic) bond motifs is 1. The van der Waals surface area contributed by atoms with E-state index in [9.17, 15) is 0 Å². The fourth-order valence-electron chi connectivity index (χ4n) is 1.60. The first kappa shape index (κ1) is 10.4. The van der Waals surface area contributed by atoms with Gasteiger partial charge in [0.15, 0.2) is 10.9 Å². The van der Waals surface area contributed by atoms with Gasteiger partial charge in [-0.15, -0.1) is 0 Å². The smallest absolute Gasteiger partial charge is 0.184 e. The van der Waals surface area contributed by atoms with E-state index in [4.69, 9.17) is 4.74 Å². The number of rotatable bonds is 3. The van der Waals surface area contributed by atoms with E-state index in [-0.39, 0.29) is 0 Å². The first-order valence-corrected chi connectivity index (χ1v) is 6.78. The van der Waals surface area contributed by atoms with Crippen LogP contribution in [-0.2, 0) is 0 Å². The maximum Gasteiger partial charge on any atom is 0.184 e. The minimum absolute atomic E-state index is 0.634. The summed E-state index contributed by atoms with van der Waals surface area (Å²) in [6, 6.07) is 4.62. The zero-order valence-corrected chi connectivity index (χ0v) is 11.2. The van der Waals surface area contributed by atoms with Crippen molar-refractivity contribution >= 4 is 42.6 Å². The van der Waals surface area contributed by atoms with Gasteiger partial charge in [-0.2, -0.15) is 0 Å². The van der Waals surface area contributed by atoms with Crippen LogP contribution in [0.5, 0.6) is 5.75 Å². The summed E-state index contributed by atoms with van der Waals surface area (Å²) in [5, 5.41) is 4.41. The molecule has 0 amide bonds. The summed E-state index contributed by atoms with van der Waals surface area (Å²) in [5.41, 5.74) is 0.994. The van der Waals surface area contributed by atoms with Gasteiger partial charge in [0.25, 0.3) is 0 Å². The van der Waals surface area contributed by atoms with Crippen LogP contribution in [0, 0.1) is 0 Å². The molecule has 0 unspecified atom stereocenters. The number of nitrogens with one attached hydrogen (secondary N) is 1. The van der Waals surface area contributed by atoms with Crippen molar-refractivity contribution in [2.45, 2.75) is 18.9 Å². The highest BCUT2D eigenvalue weighted by Crippen LogP contribution is 2.39. The quantitative estimate of drug-likeness (QED) is 0.939. The predicted octanol–water partition coefficient (Wildman–Crippen LogP) is 3.64. The van der Waals surface area contributed by atoms with E-state index >= 15 is 0 Å². The highest BCUT2D eigenvalue weighted by Gasteiger charge is 2.22. The average molecular weight is 299 g/mol. The molecule has 3 nitrogen and oxygen atoms in total. The normalized spacial score (nSPS) is 15.4. The molecule has 1 saturated carbocycles. The van der Waals surface area contributed by atoms with Gasteiger partial charge in [-0.05, 0) is 40.9 Å². The minimum Gasteiger partial charge on any atom is -0.494 e. The van der Waals surface area contributed by atoms with Crippen molar-refractivity contribution in [3.8, 4) is 5.75 Å². The van der Waals surface area contributed by atoms with Gasteiger partial charge in [0.2, 0.25) is 0 Å². The summed E-state index contributed by atoms with van der Waals surface area (Å²) in [6.45, 7) is 0. The third-order valence-corrected chi connectivity index (χ3v) is 4.20. The number of hydrogen-bond acceptors (Lipinski definition) is 4. The highest BCUT2D eigenvalue weighted by atomic mass is 79.9. The molecule has 1 heterocycles. The second-order valence-corrected chi connectivity index (χ2v) is 5.72. The van der Waals surface area contributed by atoms with Crippen molar-refractivity contribution in [1.29, 1.82) is 0 Å². The lowest BCUT2D eigenvalue weighted by molar-refractivity contribution is 0.418. The monoisotopic (exact) mass is 298 g/mol. The van der Waals surface area contributed by atoms with Crippen molar-refractivity contribution in [1.82, 2.24) is 4.98 Å². The lowest BCUT2D eigenvalue weighted by Crippen LogP contribution is -1.99. The van der Waals surface area contributed by atoms with E-state index in [2.05, 4.69) is 26.2 Å². The molecule has 84 valence electrons. The third kappa shape index (κ3) is 1.78. The number of benzene rings is 1. The standard InChI is InChI=1S/C11H11BrN2OS/c1-15-9-7(12)4-5-8-10(9)16-11(14-8)13-6-2-3-6/h4-6H,2-3H2,1H3,(H,13,14). The molecule has 0 aliphatic heterocycles. The second kappa shape index (κ2) is 3.89. The van der Waals surface area contributed by atoms with E-state index in [1.54, 1.807) is 18.4 Å². The average Bonchev–Trinajstić information content (AvgIpc) is 2.97. The zero-order chi connectivity index (χ0) is 11.1. The molecule has 2 aromatic rings. The van der Waals surface area contributed by atoms with E-state index in [1.165, 1.54) is 12.8 Å². The maximum absolute atomic E-state index is 5.39. The Hall–Kier alpha value is -0.810. The number of halogens is 1. The minimum atomic E-state index is 0.634. The SMILES string of the molecule is COc1c(Br)ccc2nc(NC3CC3)sc12. The molecular weight excluding hydrogens is 288 g/mol. The van der Waals surface area contributed by atoms with Gasteiger partial charge in [0.1, 0.15) is 0 Å². The molecule has 1 aromatic heterocycles. The van der Waals surface area contributed by atoms with E-state index in [1.807, 2.05) is 12.1 Å². The summed E-state index contributed by atoms with van der Waals surface area (Å²) >= 11 is 5.14. The first-order chi connectivity index (χ1) is 7.78. The van der Waals surface area contributed by atoms with Crippen LogP contribution in [0.3, 0.4) is 0 Å². The molecule has 1 aliphatic rings. The fourth-order valence-corrected chi connectivity index (χ4v) is 3.29. The zero-order valence-electron chi connectivity index (χ0n) is 8.79. The number of anilines is 1. The van der Waals surface area contributed by atoms with Gasteiger partial charge >= 0.3 is 0 Å². The number of thiazole rings is 1. The van der Waals surface area contributed by atoms with Crippen molar-refractivity contribution < 1.29 is 4.74 Å². The molecule has 0 spiro atoms.